The van der Waals surface area contributed by atoms with Crippen LogP contribution in [0.4, 0.5) is 4.39 Å². The summed E-state index contributed by atoms with van der Waals surface area (Å²) in [5.74, 6) is -1.34. The molecule has 1 aliphatic heterocycles. The van der Waals surface area contributed by atoms with Gasteiger partial charge >= 0.3 is 0 Å². The standard InChI is InChI=1S/C38H55FN4O7S/c1-37(2,3)42-35(46)31-20-26-15-10-11-16-27(26)22-43(31)23-32(44)30(19-25-13-8-7-9-14-25)40-36(47)34(38(4,5)51(6,48)49)41-33(45)24-50-29-18-12-17-28(39)21-29/h7-9,12-14,17-18,21,26-27,30-32,34,44H,10-11,15-16,19-20,22-24H2,1-6H3,(H,40,47)(H,41,45)(H,42,46)/t26-,27+,30-,31-,32+,34+/m0/s1. The molecule has 3 amide bonds. The van der Waals surface area contributed by atoms with Crippen LogP contribution in [0, 0.1) is 17.7 Å². The Hall–Kier alpha value is -3.55. The number of β-amino-alcohol motifs (C(OH)–C–C–N with tert-alkyl or cyclic N) is 1. The third-order valence-corrected chi connectivity index (χ3v) is 12.3. The first-order chi connectivity index (χ1) is 23.8. The van der Waals surface area contributed by atoms with Crippen LogP contribution in [0.1, 0.15) is 72.3 Å². The summed E-state index contributed by atoms with van der Waals surface area (Å²) in [4.78, 5) is 42.9. The predicted molar refractivity (Wildman–Crippen MR) is 194 cm³/mol. The van der Waals surface area contributed by atoms with Crippen LogP contribution in [0.2, 0.25) is 0 Å². The van der Waals surface area contributed by atoms with Crippen LogP contribution >= 0.6 is 0 Å². The zero-order valence-electron chi connectivity index (χ0n) is 30.7. The highest BCUT2D eigenvalue weighted by Crippen LogP contribution is 2.39. The first-order valence-electron chi connectivity index (χ1n) is 17.8. The van der Waals surface area contributed by atoms with Crippen molar-refractivity contribution in [2.75, 3.05) is 26.0 Å². The second-order valence-electron chi connectivity index (χ2n) is 15.7. The van der Waals surface area contributed by atoms with Crippen molar-refractivity contribution >= 4 is 27.6 Å². The number of hydrogen-bond donors (Lipinski definition) is 4. The Morgan fingerprint density at radius 1 is 0.980 bits per heavy atom. The molecule has 1 saturated heterocycles. The summed E-state index contributed by atoms with van der Waals surface area (Å²) in [7, 11) is -3.93. The van der Waals surface area contributed by atoms with Gasteiger partial charge in [-0.15, -0.1) is 0 Å². The van der Waals surface area contributed by atoms with Gasteiger partial charge in [-0.1, -0.05) is 55.7 Å². The number of ether oxygens (including phenoxy) is 1. The van der Waals surface area contributed by atoms with E-state index in [1.165, 1.54) is 32.0 Å². The van der Waals surface area contributed by atoms with E-state index in [4.69, 9.17) is 4.74 Å². The minimum Gasteiger partial charge on any atom is -0.484 e. The molecule has 11 nitrogen and oxygen atoms in total. The van der Waals surface area contributed by atoms with Gasteiger partial charge in [0.1, 0.15) is 17.6 Å². The maximum Gasteiger partial charge on any atom is 0.258 e. The number of amides is 3. The molecule has 51 heavy (non-hydrogen) atoms. The van der Waals surface area contributed by atoms with E-state index in [1.54, 1.807) is 0 Å². The van der Waals surface area contributed by atoms with Crippen LogP contribution in [-0.2, 0) is 30.6 Å². The van der Waals surface area contributed by atoms with E-state index in [2.05, 4.69) is 16.0 Å². The molecule has 0 unspecified atom stereocenters. The molecule has 0 bridgehead atoms. The van der Waals surface area contributed by atoms with Gasteiger partial charge in [-0.05, 0) is 83.4 Å². The fourth-order valence-corrected chi connectivity index (χ4v) is 7.68. The number of benzene rings is 2. The number of carbonyl (C=O) groups is 3. The molecule has 2 aromatic carbocycles. The fraction of sp³-hybridized carbons (Fsp3) is 0.605. The van der Waals surface area contributed by atoms with Crippen molar-refractivity contribution in [3.63, 3.8) is 0 Å². The molecule has 1 aliphatic carbocycles. The molecule has 282 valence electrons. The molecule has 2 aliphatic rings. The number of halogens is 1. The van der Waals surface area contributed by atoms with Gasteiger partial charge in [-0.3, -0.25) is 19.3 Å². The fourth-order valence-electron chi connectivity index (χ4n) is 7.09. The average Bonchev–Trinajstić information content (AvgIpc) is 3.04. The zero-order chi connectivity index (χ0) is 37.6. The highest BCUT2D eigenvalue weighted by atomic mass is 32.2. The molecule has 2 aromatic rings. The Labute approximate surface area is 302 Å². The summed E-state index contributed by atoms with van der Waals surface area (Å²) >= 11 is 0. The molecule has 0 spiro atoms. The number of aliphatic hydroxyl groups is 1. The number of fused-ring (bicyclic) bond motifs is 1. The lowest BCUT2D eigenvalue weighted by Crippen LogP contribution is -2.64. The number of likely N-dealkylation sites (tertiary alicyclic amines) is 1. The zero-order valence-corrected chi connectivity index (χ0v) is 31.5. The Kier molecular flexibility index (Phi) is 13.3. The topological polar surface area (TPSA) is 154 Å². The Balaban J connectivity index is 1.58. The van der Waals surface area contributed by atoms with Gasteiger partial charge in [0.05, 0.1) is 22.9 Å². The second kappa shape index (κ2) is 16.9. The van der Waals surface area contributed by atoms with Gasteiger partial charge in [0.15, 0.2) is 16.4 Å². The quantitative estimate of drug-likeness (QED) is 0.231. The average molecular weight is 731 g/mol. The molecular formula is C38H55FN4O7S. The lowest BCUT2D eigenvalue weighted by Gasteiger charge is -2.47. The van der Waals surface area contributed by atoms with Crippen LogP contribution in [0.3, 0.4) is 0 Å². The summed E-state index contributed by atoms with van der Waals surface area (Å²) in [6.45, 7) is 8.62. The lowest BCUT2D eigenvalue weighted by molar-refractivity contribution is -0.133. The third-order valence-electron chi connectivity index (χ3n) is 10.2. The number of hydrogen-bond acceptors (Lipinski definition) is 8. The molecular weight excluding hydrogens is 676 g/mol. The number of piperidine rings is 1. The summed E-state index contributed by atoms with van der Waals surface area (Å²) in [6.07, 6.45) is 5.10. The number of nitrogens with zero attached hydrogens (tertiary/aromatic N) is 1. The molecule has 4 N–H and O–H groups in total. The molecule has 6 atom stereocenters. The number of aliphatic hydroxyl groups excluding tert-OH is 1. The monoisotopic (exact) mass is 730 g/mol. The van der Waals surface area contributed by atoms with Crippen LogP contribution in [-0.4, -0.2) is 96.6 Å². The largest absolute Gasteiger partial charge is 0.484 e. The first-order valence-corrected chi connectivity index (χ1v) is 19.7. The van der Waals surface area contributed by atoms with E-state index in [-0.39, 0.29) is 24.6 Å². The molecule has 2 fully saturated rings. The minimum atomic E-state index is -3.93. The SMILES string of the molecule is CC(C)(C)NC(=O)[C@@H]1C[C@@H]2CCCC[C@@H]2CN1C[C@@H](O)[C@H](Cc1ccccc1)NC(=O)[C@@H](NC(=O)COc1cccc(F)c1)C(C)(C)S(C)(=O)=O. The maximum absolute atomic E-state index is 14.1. The Morgan fingerprint density at radius 3 is 2.27 bits per heavy atom. The van der Waals surface area contributed by atoms with Crippen LogP contribution in [0.15, 0.2) is 54.6 Å². The number of rotatable bonds is 14. The van der Waals surface area contributed by atoms with E-state index < -0.39 is 68.6 Å². The highest BCUT2D eigenvalue weighted by Gasteiger charge is 2.46. The van der Waals surface area contributed by atoms with Gasteiger partial charge < -0.3 is 25.8 Å². The van der Waals surface area contributed by atoms with E-state index in [9.17, 15) is 32.3 Å². The Bertz CT molecular complexity index is 1620. The molecule has 0 aromatic heterocycles. The number of carbonyl (C=O) groups excluding carboxylic acids is 3. The van der Waals surface area contributed by atoms with Gasteiger partial charge in [0.2, 0.25) is 11.8 Å². The Morgan fingerprint density at radius 2 is 1.65 bits per heavy atom. The van der Waals surface area contributed by atoms with E-state index in [0.29, 0.717) is 24.8 Å². The normalized spacial score (nSPS) is 21.8. The third kappa shape index (κ3) is 11.2. The van der Waals surface area contributed by atoms with Crippen LogP contribution < -0.4 is 20.7 Å². The molecule has 13 heteroatoms. The highest BCUT2D eigenvalue weighted by molar-refractivity contribution is 7.92. The van der Waals surface area contributed by atoms with Gasteiger partial charge in [-0.25, -0.2) is 12.8 Å². The van der Waals surface area contributed by atoms with Gasteiger partial charge in [0, 0.05) is 31.0 Å². The van der Waals surface area contributed by atoms with Crippen molar-refractivity contribution in [2.45, 2.75) is 108 Å². The molecule has 1 saturated carbocycles. The van der Waals surface area contributed by atoms with E-state index in [0.717, 1.165) is 43.6 Å². The van der Waals surface area contributed by atoms with Crippen molar-refractivity contribution in [1.82, 2.24) is 20.9 Å². The van der Waals surface area contributed by atoms with Gasteiger partial charge in [0.25, 0.3) is 5.91 Å². The second-order valence-corrected chi connectivity index (χ2v) is 18.3. The molecule has 4 rings (SSSR count). The number of nitrogens with one attached hydrogen (secondary N) is 3. The van der Waals surface area contributed by atoms with Gasteiger partial charge in [-0.2, -0.15) is 0 Å². The lowest BCUT2D eigenvalue weighted by atomic mass is 9.72. The summed E-state index contributed by atoms with van der Waals surface area (Å²) in [5, 5.41) is 20.4. The van der Waals surface area contributed by atoms with Crippen molar-refractivity contribution < 1.29 is 37.0 Å². The van der Waals surface area contributed by atoms with Crippen molar-refractivity contribution in [1.29, 1.82) is 0 Å². The van der Waals surface area contributed by atoms with E-state index >= 15 is 0 Å². The summed E-state index contributed by atoms with van der Waals surface area (Å²) in [6, 6.07) is 11.5. The minimum absolute atomic E-state index is 0.0892. The smallest absolute Gasteiger partial charge is 0.258 e. The van der Waals surface area contributed by atoms with Crippen LogP contribution in [0.25, 0.3) is 0 Å². The van der Waals surface area contributed by atoms with Crippen LogP contribution in [0.5, 0.6) is 5.75 Å². The van der Waals surface area contributed by atoms with Crippen molar-refractivity contribution in [3.8, 4) is 5.75 Å². The predicted octanol–water partition coefficient (Wildman–Crippen LogP) is 3.40. The first kappa shape index (κ1) is 40.2. The maximum atomic E-state index is 14.1. The van der Waals surface area contributed by atoms with E-state index in [1.807, 2.05) is 56.0 Å². The molecule has 1 heterocycles. The van der Waals surface area contributed by atoms with Crippen molar-refractivity contribution in [3.05, 3.63) is 66.0 Å². The number of sulfone groups is 1. The van der Waals surface area contributed by atoms with Crippen molar-refractivity contribution in [2.24, 2.45) is 11.8 Å². The summed E-state index contributed by atoms with van der Waals surface area (Å²) < 4.78 is 43.2. The summed E-state index contributed by atoms with van der Waals surface area (Å²) in [5.41, 5.74) is 0.379. The molecule has 0 radical (unpaired) electrons.